The molecule has 0 spiro atoms. The standard InChI is InChI=1S/2C6H8O4.Mn/c2*1-4(7)2-5(8)3-6(9)10;/h2*2-3H2,1H3,(H,9,10);/q;;+2/p-2. The quantitative estimate of drug-likeness (QED) is 0.343. The molecule has 0 fully saturated rings. The van der Waals surface area contributed by atoms with Crippen molar-refractivity contribution in [1.82, 2.24) is 0 Å². The fraction of sp³-hybridized carbons (Fsp3) is 0.500. The van der Waals surface area contributed by atoms with E-state index >= 15 is 0 Å². The fourth-order valence-corrected chi connectivity index (χ4v) is 1.00. The fourth-order valence-electron chi connectivity index (χ4n) is 1.00. The molecule has 0 aliphatic heterocycles. The Hall–Kier alpha value is -1.86. The molecule has 0 rings (SSSR count). The van der Waals surface area contributed by atoms with Gasteiger partial charge in [0.05, 0.1) is 12.8 Å². The molecular weight excluding hydrogens is 327 g/mol. The van der Waals surface area contributed by atoms with E-state index in [1.165, 1.54) is 13.8 Å². The van der Waals surface area contributed by atoms with Crippen molar-refractivity contribution in [1.29, 1.82) is 0 Å². The zero-order valence-electron chi connectivity index (χ0n) is 11.5. The van der Waals surface area contributed by atoms with Crippen LogP contribution in [0.1, 0.15) is 39.5 Å². The minimum atomic E-state index is -1.44. The predicted molar refractivity (Wildman–Crippen MR) is 59.9 cm³/mol. The van der Waals surface area contributed by atoms with Crippen LogP contribution >= 0.6 is 0 Å². The Morgan fingerprint density at radius 2 is 0.857 bits per heavy atom. The van der Waals surface area contributed by atoms with Gasteiger partial charge in [0.25, 0.3) is 0 Å². The summed E-state index contributed by atoms with van der Waals surface area (Å²) in [6.07, 6.45) is -1.96. The summed E-state index contributed by atoms with van der Waals surface area (Å²) in [7, 11) is 0. The Kier molecular flexibility index (Phi) is 15.1. The molecular formula is C12H14MnO8. The molecule has 0 unspecified atom stereocenters. The summed E-state index contributed by atoms with van der Waals surface area (Å²) in [6, 6.07) is 0. The average molecular weight is 341 g/mol. The number of carboxylic acids is 2. The molecule has 8 nitrogen and oxygen atoms in total. The van der Waals surface area contributed by atoms with Gasteiger partial charge in [0.15, 0.2) is 0 Å². The number of hydrogen-bond donors (Lipinski definition) is 0. The van der Waals surface area contributed by atoms with E-state index in [-0.39, 0.29) is 41.5 Å². The van der Waals surface area contributed by atoms with E-state index in [2.05, 4.69) is 0 Å². The van der Waals surface area contributed by atoms with E-state index in [0.717, 1.165) is 0 Å². The third kappa shape index (κ3) is 23.6. The Morgan fingerprint density at radius 3 is 1.00 bits per heavy atom. The summed E-state index contributed by atoms with van der Waals surface area (Å²) < 4.78 is 0. The van der Waals surface area contributed by atoms with E-state index in [4.69, 9.17) is 0 Å². The van der Waals surface area contributed by atoms with Gasteiger partial charge in [-0.25, -0.2) is 0 Å². The summed E-state index contributed by atoms with van der Waals surface area (Å²) in [5.41, 5.74) is 0. The monoisotopic (exact) mass is 341 g/mol. The molecule has 0 aliphatic carbocycles. The van der Waals surface area contributed by atoms with Gasteiger partial charge in [-0.1, -0.05) is 0 Å². The van der Waals surface area contributed by atoms with Crippen molar-refractivity contribution < 1.29 is 56.0 Å². The van der Waals surface area contributed by atoms with Crippen molar-refractivity contribution in [2.45, 2.75) is 39.5 Å². The largest absolute Gasteiger partial charge is 2.00 e. The van der Waals surface area contributed by atoms with Crippen LogP contribution in [0, 0.1) is 0 Å². The molecule has 0 aromatic rings. The topological polar surface area (TPSA) is 149 Å². The molecule has 0 bridgehead atoms. The molecule has 0 N–H and O–H groups in total. The van der Waals surface area contributed by atoms with E-state index in [9.17, 15) is 39.0 Å². The van der Waals surface area contributed by atoms with Gasteiger partial charge >= 0.3 is 17.1 Å². The molecule has 0 aliphatic rings. The van der Waals surface area contributed by atoms with Gasteiger partial charge in [-0.3, -0.25) is 19.2 Å². The van der Waals surface area contributed by atoms with Gasteiger partial charge in [-0.15, -0.1) is 0 Å². The summed E-state index contributed by atoms with van der Waals surface area (Å²) in [4.78, 5) is 60.7. The summed E-state index contributed by atoms with van der Waals surface area (Å²) in [6.45, 7) is 2.46. The SMILES string of the molecule is CC(=O)CC(=O)CC(=O)[O-].CC(=O)CC(=O)CC(=O)[O-].[Mn+2]. The summed E-state index contributed by atoms with van der Waals surface area (Å²) >= 11 is 0. The zero-order chi connectivity index (χ0) is 16.3. The molecule has 0 saturated carbocycles. The molecule has 21 heavy (non-hydrogen) atoms. The van der Waals surface area contributed by atoms with E-state index in [0.29, 0.717) is 0 Å². The maximum Gasteiger partial charge on any atom is 2.00 e. The van der Waals surface area contributed by atoms with Gasteiger partial charge in [0.1, 0.15) is 23.1 Å². The first kappa shape index (κ1) is 24.2. The minimum absolute atomic E-state index is 0. The molecule has 1 radical (unpaired) electrons. The number of Topliss-reactive ketones (excluding diaryl/α,β-unsaturated/α-hetero) is 4. The van der Waals surface area contributed by atoms with Gasteiger partial charge < -0.3 is 19.8 Å². The van der Waals surface area contributed by atoms with Crippen LogP contribution in [-0.4, -0.2) is 35.1 Å². The van der Waals surface area contributed by atoms with Crippen LogP contribution in [0.15, 0.2) is 0 Å². The number of carbonyl (C=O) groups excluding carboxylic acids is 6. The van der Waals surface area contributed by atoms with Gasteiger partial charge in [-0.05, 0) is 13.8 Å². The van der Waals surface area contributed by atoms with Crippen molar-refractivity contribution in [2.75, 3.05) is 0 Å². The molecule has 0 saturated heterocycles. The zero-order valence-corrected chi connectivity index (χ0v) is 12.7. The number of aliphatic carboxylic acids is 2. The van der Waals surface area contributed by atoms with Gasteiger partial charge in [0, 0.05) is 24.8 Å². The van der Waals surface area contributed by atoms with Crippen LogP contribution in [0.5, 0.6) is 0 Å². The first-order valence-corrected chi connectivity index (χ1v) is 5.46. The molecule has 0 amide bonds. The van der Waals surface area contributed by atoms with Crippen LogP contribution < -0.4 is 10.2 Å². The predicted octanol–water partition coefficient (Wildman–Crippen LogP) is -2.65. The Balaban J connectivity index is -0.000000295. The summed E-state index contributed by atoms with van der Waals surface area (Å²) in [5.74, 6) is -4.74. The minimum Gasteiger partial charge on any atom is -0.550 e. The van der Waals surface area contributed by atoms with E-state index < -0.39 is 36.3 Å². The van der Waals surface area contributed by atoms with Crippen molar-refractivity contribution in [3.63, 3.8) is 0 Å². The molecule has 0 aromatic heterocycles. The second kappa shape index (κ2) is 13.1. The number of rotatable bonds is 8. The summed E-state index contributed by atoms with van der Waals surface area (Å²) in [5, 5.41) is 19.5. The number of ketones is 4. The molecule has 0 atom stereocenters. The maximum atomic E-state index is 10.4. The third-order valence-electron chi connectivity index (χ3n) is 1.58. The molecule has 9 heteroatoms. The van der Waals surface area contributed by atoms with E-state index in [1.807, 2.05) is 0 Å². The van der Waals surface area contributed by atoms with Crippen LogP contribution in [0.4, 0.5) is 0 Å². The maximum absolute atomic E-state index is 10.4. The number of carboxylic acid groups (broad SMARTS) is 2. The molecule has 0 aromatic carbocycles. The van der Waals surface area contributed by atoms with Crippen molar-refractivity contribution in [3.8, 4) is 0 Å². The van der Waals surface area contributed by atoms with Crippen molar-refractivity contribution in [3.05, 3.63) is 0 Å². The van der Waals surface area contributed by atoms with Gasteiger partial charge in [-0.2, -0.15) is 0 Å². The second-order valence-corrected chi connectivity index (χ2v) is 3.93. The molecule has 0 heterocycles. The van der Waals surface area contributed by atoms with Crippen LogP contribution in [0.25, 0.3) is 0 Å². The first-order chi connectivity index (χ1) is 9.04. The van der Waals surface area contributed by atoms with Crippen molar-refractivity contribution >= 4 is 35.1 Å². The normalized spacial score (nSPS) is 8.48. The van der Waals surface area contributed by atoms with Crippen LogP contribution in [0.2, 0.25) is 0 Å². The van der Waals surface area contributed by atoms with Crippen LogP contribution in [0.3, 0.4) is 0 Å². The van der Waals surface area contributed by atoms with Crippen LogP contribution in [-0.2, 0) is 45.8 Å². The Morgan fingerprint density at radius 1 is 0.619 bits per heavy atom. The number of hydrogen-bond acceptors (Lipinski definition) is 8. The van der Waals surface area contributed by atoms with Gasteiger partial charge in [0.2, 0.25) is 0 Å². The molecule has 117 valence electrons. The Labute approximate surface area is 131 Å². The number of carbonyl (C=O) groups is 6. The van der Waals surface area contributed by atoms with E-state index in [1.54, 1.807) is 0 Å². The van der Waals surface area contributed by atoms with Crippen molar-refractivity contribution in [2.24, 2.45) is 0 Å². The first-order valence-electron chi connectivity index (χ1n) is 5.46. The Bertz CT molecular complexity index is 351. The smallest absolute Gasteiger partial charge is 0.550 e. The second-order valence-electron chi connectivity index (χ2n) is 3.93. The average Bonchev–Trinajstić information content (AvgIpc) is 2.11. The third-order valence-corrected chi connectivity index (χ3v) is 1.58.